The SMILES string of the molecule is COc1cccc([C@]2(CNS(C)(=O)=O)CC[C@@H](NCc3ccc(S(C)(=O)=O)cc3)CC2)c1. The van der Waals surface area contributed by atoms with Crippen LogP contribution < -0.4 is 14.8 Å². The first-order valence-electron chi connectivity index (χ1n) is 10.6. The van der Waals surface area contributed by atoms with Gasteiger partial charge in [0.05, 0.1) is 18.3 Å². The topological polar surface area (TPSA) is 102 Å². The first kappa shape index (κ1) is 24.7. The summed E-state index contributed by atoms with van der Waals surface area (Å²) in [5.74, 6) is 0.763. The zero-order valence-corrected chi connectivity index (χ0v) is 20.4. The molecule has 32 heavy (non-hydrogen) atoms. The van der Waals surface area contributed by atoms with E-state index in [1.165, 1.54) is 12.5 Å². The Labute approximate surface area is 191 Å². The van der Waals surface area contributed by atoms with Gasteiger partial charge in [-0.1, -0.05) is 24.3 Å². The maximum atomic E-state index is 11.8. The van der Waals surface area contributed by atoms with Gasteiger partial charge in [0, 0.05) is 30.8 Å². The van der Waals surface area contributed by atoms with Crippen molar-refractivity contribution in [2.75, 3.05) is 26.2 Å². The van der Waals surface area contributed by atoms with E-state index in [1.54, 1.807) is 19.2 Å². The van der Waals surface area contributed by atoms with E-state index >= 15 is 0 Å². The van der Waals surface area contributed by atoms with Gasteiger partial charge in [0.15, 0.2) is 9.84 Å². The van der Waals surface area contributed by atoms with Crippen LogP contribution in [0.3, 0.4) is 0 Å². The highest BCUT2D eigenvalue weighted by molar-refractivity contribution is 7.90. The van der Waals surface area contributed by atoms with E-state index in [1.807, 2.05) is 36.4 Å². The maximum absolute atomic E-state index is 11.8. The summed E-state index contributed by atoms with van der Waals surface area (Å²) >= 11 is 0. The van der Waals surface area contributed by atoms with Gasteiger partial charge in [-0.2, -0.15) is 0 Å². The predicted molar refractivity (Wildman–Crippen MR) is 126 cm³/mol. The molecule has 0 saturated heterocycles. The Balaban J connectivity index is 1.67. The molecule has 0 radical (unpaired) electrons. The number of sulfonamides is 1. The highest BCUT2D eigenvalue weighted by atomic mass is 32.2. The van der Waals surface area contributed by atoms with Crippen LogP contribution in [0.25, 0.3) is 0 Å². The molecule has 0 aliphatic heterocycles. The molecule has 0 atom stereocenters. The van der Waals surface area contributed by atoms with Crippen LogP contribution in [0.5, 0.6) is 5.75 Å². The highest BCUT2D eigenvalue weighted by Crippen LogP contribution is 2.40. The van der Waals surface area contributed by atoms with E-state index in [0.29, 0.717) is 24.0 Å². The molecule has 7 nitrogen and oxygen atoms in total. The zero-order valence-electron chi connectivity index (χ0n) is 18.8. The molecule has 0 heterocycles. The largest absolute Gasteiger partial charge is 0.497 e. The van der Waals surface area contributed by atoms with Crippen LogP contribution in [-0.2, 0) is 31.8 Å². The average Bonchev–Trinajstić information content (AvgIpc) is 2.76. The van der Waals surface area contributed by atoms with E-state index in [2.05, 4.69) is 10.0 Å². The zero-order chi connectivity index (χ0) is 23.4. The summed E-state index contributed by atoms with van der Waals surface area (Å²) in [5.41, 5.74) is 1.83. The number of hydrogen-bond donors (Lipinski definition) is 2. The molecule has 2 N–H and O–H groups in total. The monoisotopic (exact) mass is 480 g/mol. The van der Waals surface area contributed by atoms with Gasteiger partial charge in [0.2, 0.25) is 10.0 Å². The molecule has 2 aromatic carbocycles. The Morgan fingerprint density at radius 1 is 1.00 bits per heavy atom. The molecule has 1 saturated carbocycles. The van der Waals surface area contributed by atoms with Crippen molar-refractivity contribution in [3.63, 3.8) is 0 Å². The van der Waals surface area contributed by atoms with Crippen molar-refractivity contribution in [3.8, 4) is 5.75 Å². The molecular weight excluding hydrogens is 448 g/mol. The van der Waals surface area contributed by atoms with E-state index in [-0.39, 0.29) is 5.41 Å². The van der Waals surface area contributed by atoms with Gasteiger partial charge in [0.25, 0.3) is 0 Å². The Bertz CT molecular complexity index is 1120. The fraction of sp³-hybridized carbons (Fsp3) is 0.478. The van der Waals surface area contributed by atoms with Crippen molar-refractivity contribution in [2.45, 2.75) is 48.6 Å². The van der Waals surface area contributed by atoms with Gasteiger partial charge in [0.1, 0.15) is 5.75 Å². The number of benzene rings is 2. The molecule has 0 spiro atoms. The Morgan fingerprint density at radius 3 is 2.22 bits per heavy atom. The quantitative estimate of drug-likeness (QED) is 0.572. The van der Waals surface area contributed by atoms with Crippen molar-refractivity contribution in [3.05, 3.63) is 59.7 Å². The van der Waals surface area contributed by atoms with Crippen LogP contribution in [0.1, 0.15) is 36.8 Å². The van der Waals surface area contributed by atoms with Gasteiger partial charge in [-0.05, 0) is 61.1 Å². The van der Waals surface area contributed by atoms with E-state index in [0.717, 1.165) is 42.6 Å². The van der Waals surface area contributed by atoms with Crippen molar-refractivity contribution >= 4 is 19.9 Å². The van der Waals surface area contributed by atoms with Crippen LogP contribution in [0.15, 0.2) is 53.4 Å². The molecule has 1 aliphatic carbocycles. The van der Waals surface area contributed by atoms with Gasteiger partial charge >= 0.3 is 0 Å². The predicted octanol–water partition coefficient (Wildman–Crippen LogP) is 2.62. The van der Waals surface area contributed by atoms with Crippen LogP contribution >= 0.6 is 0 Å². The average molecular weight is 481 g/mol. The minimum Gasteiger partial charge on any atom is -0.497 e. The third kappa shape index (κ3) is 6.54. The van der Waals surface area contributed by atoms with Gasteiger partial charge < -0.3 is 10.1 Å². The van der Waals surface area contributed by atoms with E-state index < -0.39 is 19.9 Å². The van der Waals surface area contributed by atoms with Gasteiger partial charge in [-0.25, -0.2) is 21.6 Å². The molecule has 2 aromatic rings. The first-order valence-corrected chi connectivity index (χ1v) is 14.4. The lowest BCUT2D eigenvalue weighted by Crippen LogP contribution is -2.46. The van der Waals surface area contributed by atoms with Crippen LogP contribution in [0, 0.1) is 0 Å². The molecule has 0 aromatic heterocycles. The summed E-state index contributed by atoms with van der Waals surface area (Å²) < 4.78 is 54.9. The number of ether oxygens (including phenoxy) is 1. The number of nitrogens with one attached hydrogen (secondary N) is 2. The molecule has 0 unspecified atom stereocenters. The van der Waals surface area contributed by atoms with E-state index in [9.17, 15) is 16.8 Å². The highest BCUT2D eigenvalue weighted by Gasteiger charge is 2.37. The minimum atomic E-state index is -3.30. The number of rotatable bonds is 9. The summed E-state index contributed by atoms with van der Waals surface area (Å²) in [6, 6.07) is 15.1. The van der Waals surface area contributed by atoms with E-state index in [4.69, 9.17) is 4.74 Å². The summed E-state index contributed by atoms with van der Waals surface area (Å²) in [6.45, 7) is 1.02. The second kappa shape index (κ2) is 9.91. The lowest BCUT2D eigenvalue weighted by molar-refractivity contribution is 0.245. The summed E-state index contributed by atoms with van der Waals surface area (Å²) in [7, 11) is -4.86. The Morgan fingerprint density at radius 2 is 1.66 bits per heavy atom. The lowest BCUT2D eigenvalue weighted by atomic mass is 9.68. The number of hydrogen-bond acceptors (Lipinski definition) is 6. The summed E-state index contributed by atoms with van der Waals surface area (Å²) in [5, 5.41) is 3.57. The van der Waals surface area contributed by atoms with Crippen LogP contribution in [-0.4, -0.2) is 49.0 Å². The normalized spacial score (nSPS) is 21.9. The summed E-state index contributed by atoms with van der Waals surface area (Å²) in [6.07, 6.45) is 5.89. The Kier molecular flexibility index (Phi) is 7.65. The third-order valence-electron chi connectivity index (χ3n) is 6.24. The molecule has 9 heteroatoms. The second-order valence-corrected chi connectivity index (χ2v) is 12.5. The smallest absolute Gasteiger partial charge is 0.208 e. The standard InChI is InChI=1S/C23H32N2O5S2/c1-30-21-6-4-5-19(15-21)23(17-25-32(3,28)29)13-11-20(12-14-23)24-16-18-7-9-22(10-8-18)31(2,26)27/h4-10,15,20,24-25H,11-14,16-17H2,1-3H3/t20-,23-. The summed E-state index contributed by atoms with van der Waals surface area (Å²) in [4.78, 5) is 0.320. The fourth-order valence-corrected chi connectivity index (χ4v) is 5.45. The van der Waals surface area contributed by atoms with Gasteiger partial charge in [-0.15, -0.1) is 0 Å². The van der Waals surface area contributed by atoms with Crippen LogP contribution in [0.2, 0.25) is 0 Å². The molecule has 0 amide bonds. The third-order valence-corrected chi connectivity index (χ3v) is 8.04. The van der Waals surface area contributed by atoms with Crippen molar-refractivity contribution in [1.82, 2.24) is 10.0 Å². The minimum absolute atomic E-state index is 0.285. The van der Waals surface area contributed by atoms with Crippen LogP contribution in [0.4, 0.5) is 0 Å². The fourth-order valence-electron chi connectivity index (χ4n) is 4.28. The van der Waals surface area contributed by atoms with Gasteiger partial charge in [-0.3, -0.25) is 0 Å². The number of sulfone groups is 1. The maximum Gasteiger partial charge on any atom is 0.208 e. The molecule has 1 fully saturated rings. The molecule has 176 valence electrons. The Hall–Kier alpha value is -1.94. The van der Waals surface area contributed by atoms with Crippen molar-refractivity contribution in [2.24, 2.45) is 0 Å². The molecular formula is C23H32N2O5S2. The van der Waals surface area contributed by atoms with Crippen molar-refractivity contribution < 1.29 is 21.6 Å². The molecule has 0 bridgehead atoms. The number of methoxy groups -OCH3 is 1. The first-order chi connectivity index (χ1) is 15.0. The lowest BCUT2D eigenvalue weighted by Gasteiger charge is -2.41. The molecule has 1 aliphatic rings. The second-order valence-electron chi connectivity index (χ2n) is 8.68. The van der Waals surface area contributed by atoms with Crippen molar-refractivity contribution in [1.29, 1.82) is 0 Å². The molecule has 3 rings (SSSR count).